The Morgan fingerprint density at radius 3 is 2.60 bits per heavy atom. The van der Waals surface area contributed by atoms with Crippen molar-refractivity contribution in [3.8, 4) is 0 Å². The third-order valence-corrected chi connectivity index (χ3v) is 4.65. The molecule has 0 amide bonds. The Labute approximate surface area is 129 Å². The number of likely N-dealkylation sites (N-methyl/N-ethyl adjacent to an activating group) is 1. The first-order valence-corrected chi connectivity index (χ1v) is 7.97. The number of nitrogens with two attached hydrogens (primary N) is 1. The van der Waals surface area contributed by atoms with Gasteiger partial charge in [-0.2, -0.15) is 0 Å². The molecule has 0 aromatic carbocycles. The zero-order valence-corrected chi connectivity index (χ0v) is 13.7. The molecule has 2 aromatic rings. The summed E-state index contributed by atoms with van der Waals surface area (Å²) in [5, 5.41) is 0. The number of aryl methyl sites for hydroxylation is 1. The van der Waals surface area contributed by atoms with E-state index in [9.17, 15) is 0 Å². The molecule has 0 saturated heterocycles. The normalized spacial score (nSPS) is 14.7. The van der Waals surface area contributed by atoms with Crippen LogP contribution in [0, 0.1) is 6.92 Å². The Morgan fingerprint density at radius 1 is 1.35 bits per heavy atom. The zero-order valence-electron chi connectivity index (χ0n) is 12.1. The van der Waals surface area contributed by atoms with Crippen LogP contribution < -0.4 is 5.73 Å². The molecule has 0 saturated carbocycles. The van der Waals surface area contributed by atoms with Crippen molar-refractivity contribution in [2.75, 3.05) is 7.05 Å². The number of furan rings is 1. The van der Waals surface area contributed by atoms with Crippen molar-refractivity contribution in [3.63, 3.8) is 0 Å². The maximum Gasteiger partial charge on any atom is 0.122 e. The fourth-order valence-corrected chi connectivity index (χ4v) is 3.52. The van der Waals surface area contributed by atoms with Crippen LogP contribution in [-0.4, -0.2) is 18.0 Å². The van der Waals surface area contributed by atoms with Crippen molar-refractivity contribution in [1.82, 2.24) is 4.90 Å². The first-order chi connectivity index (χ1) is 9.51. The largest absolute Gasteiger partial charge is 0.465 e. The second kappa shape index (κ2) is 6.76. The van der Waals surface area contributed by atoms with Gasteiger partial charge in [0.1, 0.15) is 11.5 Å². The molecule has 2 unspecified atom stereocenters. The minimum Gasteiger partial charge on any atom is -0.465 e. The van der Waals surface area contributed by atoms with Crippen LogP contribution in [0.4, 0.5) is 0 Å². The van der Waals surface area contributed by atoms with E-state index in [0.29, 0.717) is 0 Å². The van der Waals surface area contributed by atoms with Crippen LogP contribution in [-0.2, 0) is 6.54 Å². The van der Waals surface area contributed by atoms with E-state index in [0.717, 1.165) is 28.8 Å². The van der Waals surface area contributed by atoms with Gasteiger partial charge in [-0.05, 0) is 44.7 Å². The fraction of sp³-hybridized carbons (Fsp3) is 0.467. The summed E-state index contributed by atoms with van der Waals surface area (Å²) in [5.41, 5.74) is 6.29. The summed E-state index contributed by atoms with van der Waals surface area (Å²) < 4.78 is 6.61. The van der Waals surface area contributed by atoms with Gasteiger partial charge in [0.2, 0.25) is 0 Å². The van der Waals surface area contributed by atoms with Gasteiger partial charge < -0.3 is 10.2 Å². The molecular weight excluding hydrogens is 292 g/mol. The van der Waals surface area contributed by atoms with Crippen molar-refractivity contribution in [3.05, 3.63) is 45.0 Å². The molecule has 2 aromatic heterocycles. The van der Waals surface area contributed by atoms with Gasteiger partial charge in [-0.3, -0.25) is 4.90 Å². The highest BCUT2D eigenvalue weighted by atomic mass is 35.5. The highest BCUT2D eigenvalue weighted by Gasteiger charge is 2.26. The molecule has 20 heavy (non-hydrogen) atoms. The van der Waals surface area contributed by atoms with E-state index in [1.54, 1.807) is 11.3 Å². The van der Waals surface area contributed by atoms with E-state index in [-0.39, 0.29) is 12.1 Å². The van der Waals surface area contributed by atoms with Crippen LogP contribution in [0.25, 0.3) is 0 Å². The molecule has 2 atom stereocenters. The van der Waals surface area contributed by atoms with Crippen LogP contribution in [0.5, 0.6) is 0 Å². The molecule has 0 spiro atoms. The third kappa shape index (κ3) is 3.64. The van der Waals surface area contributed by atoms with Gasteiger partial charge in [-0.15, -0.1) is 11.3 Å². The number of hydrogen-bond acceptors (Lipinski definition) is 4. The van der Waals surface area contributed by atoms with Crippen molar-refractivity contribution in [1.29, 1.82) is 0 Å². The second-order valence-electron chi connectivity index (χ2n) is 5.09. The molecule has 2 heterocycles. The molecule has 0 aliphatic carbocycles. The van der Waals surface area contributed by atoms with Crippen molar-refractivity contribution in [2.45, 2.75) is 38.9 Å². The van der Waals surface area contributed by atoms with Gasteiger partial charge in [0.25, 0.3) is 0 Å². The van der Waals surface area contributed by atoms with Gasteiger partial charge >= 0.3 is 0 Å². The van der Waals surface area contributed by atoms with Gasteiger partial charge in [0, 0.05) is 17.5 Å². The molecule has 5 heteroatoms. The van der Waals surface area contributed by atoms with Crippen LogP contribution >= 0.6 is 22.9 Å². The quantitative estimate of drug-likeness (QED) is 0.868. The Bertz CT molecular complexity index is 552. The van der Waals surface area contributed by atoms with Crippen LogP contribution in [0.3, 0.4) is 0 Å². The van der Waals surface area contributed by atoms with E-state index in [1.807, 2.05) is 25.1 Å². The van der Waals surface area contributed by atoms with Crippen LogP contribution in [0.1, 0.15) is 35.8 Å². The first kappa shape index (κ1) is 15.6. The lowest BCUT2D eigenvalue weighted by Gasteiger charge is -2.30. The molecule has 3 nitrogen and oxygen atoms in total. The maximum atomic E-state index is 6.29. The lowest BCUT2D eigenvalue weighted by Crippen LogP contribution is -2.38. The monoisotopic (exact) mass is 312 g/mol. The number of halogens is 1. The summed E-state index contributed by atoms with van der Waals surface area (Å²) in [6, 6.07) is 8.12. The minimum absolute atomic E-state index is 0.0426. The molecule has 110 valence electrons. The summed E-state index contributed by atoms with van der Waals surface area (Å²) in [5.74, 6) is 1.85. The molecule has 0 aliphatic rings. The predicted octanol–water partition coefficient (Wildman–Crippen LogP) is 4.21. The average molecular weight is 313 g/mol. The SMILES string of the molecule is CCC(N)C(c1ccc(C)o1)N(C)Cc1ccc(Cl)s1. The summed E-state index contributed by atoms with van der Waals surface area (Å²) in [6.07, 6.45) is 0.903. The van der Waals surface area contributed by atoms with Gasteiger partial charge in [0.15, 0.2) is 0 Å². The highest BCUT2D eigenvalue weighted by molar-refractivity contribution is 7.16. The molecule has 2 N–H and O–H groups in total. The summed E-state index contributed by atoms with van der Waals surface area (Å²) in [7, 11) is 2.08. The first-order valence-electron chi connectivity index (χ1n) is 6.77. The third-order valence-electron chi connectivity index (χ3n) is 3.44. The van der Waals surface area contributed by atoms with Gasteiger partial charge in [0.05, 0.1) is 10.4 Å². The average Bonchev–Trinajstić information content (AvgIpc) is 2.99. The van der Waals surface area contributed by atoms with Crippen molar-refractivity contribution < 1.29 is 4.42 Å². The molecule has 0 bridgehead atoms. The Hall–Kier alpha value is -0.810. The van der Waals surface area contributed by atoms with Crippen LogP contribution in [0.15, 0.2) is 28.7 Å². The molecular formula is C15H21ClN2OS. The van der Waals surface area contributed by atoms with Crippen molar-refractivity contribution >= 4 is 22.9 Å². The van der Waals surface area contributed by atoms with E-state index in [2.05, 4.69) is 24.9 Å². The molecule has 0 radical (unpaired) electrons. The number of hydrogen-bond donors (Lipinski definition) is 1. The zero-order chi connectivity index (χ0) is 14.7. The van der Waals surface area contributed by atoms with Crippen molar-refractivity contribution in [2.24, 2.45) is 5.73 Å². The molecule has 0 aliphatic heterocycles. The Kier molecular flexibility index (Phi) is 5.27. The smallest absolute Gasteiger partial charge is 0.122 e. The number of thiophene rings is 1. The Balaban J connectivity index is 2.17. The standard InChI is InChI=1S/C15H21ClN2OS/c1-4-12(17)15(13-7-5-10(2)19-13)18(3)9-11-6-8-14(16)20-11/h5-8,12,15H,4,9,17H2,1-3H3. The fourth-order valence-electron chi connectivity index (χ4n) is 2.37. The van der Waals surface area contributed by atoms with E-state index in [4.69, 9.17) is 21.8 Å². The van der Waals surface area contributed by atoms with E-state index in [1.165, 1.54) is 4.88 Å². The number of rotatable bonds is 6. The molecule has 0 fully saturated rings. The summed E-state index contributed by atoms with van der Waals surface area (Å²) in [6.45, 7) is 4.87. The lowest BCUT2D eigenvalue weighted by atomic mass is 10.0. The number of nitrogens with zero attached hydrogens (tertiary/aromatic N) is 1. The van der Waals surface area contributed by atoms with E-state index >= 15 is 0 Å². The minimum atomic E-state index is 0.0426. The van der Waals surface area contributed by atoms with Gasteiger partial charge in [-0.1, -0.05) is 18.5 Å². The summed E-state index contributed by atoms with van der Waals surface area (Å²) in [4.78, 5) is 3.46. The predicted molar refractivity (Wildman–Crippen MR) is 85.2 cm³/mol. The highest BCUT2D eigenvalue weighted by Crippen LogP contribution is 2.29. The summed E-state index contributed by atoms with van der Waals surface area (Å²) >= 11 is 7.60. The van der Waals surface area contributed by atoms with E-state index < -0.39 is 0 Å². The van der Waals surface area contributed by atoms with Crippen LogP contribution in [0.2, 0.25) is 4.34 Å². The van der Waals surface area contributed by atoms with Gasteiger partial charge in [-0.25, -0.2) is 0 Å². The lowest BCUT2D eigenvalue weighted by molar-refractivity contribution is 0.176. The molecule has 2 rings (SSSR count). The second-order valence-corrected chi connectivity index (χ2v) is 6.89. The Morgan fingerprint density at radius 2 is 2.10 bits per heavy atom. The maximum absolute atomic E-state index is 6.29. The topological polar surface area (TPSA) is 42.4 Å².